The fourth-order valence-electron chi connectivity index (χ4n) is 2.42. The second-order valence-corrected chi connectivity index (χ2v) is 3.87. The van der Waals surface area contributed by atoms with E-state index in [1.165, 1.54) is 6.42 Å². The van der Waals surface area contributed by atoms with E-state index >= 15 is 0 Å². The lowest BCUT2D eigenvalue weighted by Crippen LogP contribution is -2.49. The van der Waals surface area contributed by atoms with Crippen molar-refractivity contribution in [3.8, 4) is 0 Å². The van der Waals surface area contributed by atoms with Crippen LogP contribution in [0.5, 0.6) is 0 Å². The lowest BCUT2D eigenvalue weighted by Gasteiger charge is -2.40. The van der Waals surface area contributed by atoms with Gasteiger partial charge < -0.3 is 0 Å². The molecule has 9 heavy (non-hydrogen) atoms. The van der Waals surface area contributed by atoms with Crippen LogP contribution in [-0.2, 0) is 0 Å². The summed E-state index contributed by atoms with van der Waals surface area (Å²) in [6, 6.07) is 1.92. The molecule has 0 bridgehead atoms. The van der Waals surface area contributed by atoms with Crippen LogP contribution in [0.2, 0.25) is 0 Å². The summed E-state index contributed by atoms with van der Waals surface area (Å²) in [7, 11) is 2.26. The normalized spacial score (nSPS) is 48.7. The second kappa shape index (κ2) is 1.51. The molecule has 0 aromatic heterocycles. The van der Waals surface area contributed by atoms with Crippen molar-refractivity contribution in [3.05, 3.63) is 0 Å². The van der Waals surface area contributed by atoms with Crippen LogP contribution in [0, 0.1) is 11.8 Å². The molecule has 1 heterocycles. The average Bonchev–Trinajstić information content (AvgIpc) is 2.41. The van der Waals surface area contributed by atoms with Crippen molar-refractivity contribution in [2.24, 2.45) is 11.8 Å². The summed E-state index contributed by atoms with van der Waals surface area (Å²) < 4.78 is 0. The highest BCUT2D eigenvalue weighted by Crippen LogP contribution is 2.52. The predicted octanol–water partition coefficient (Wildman–Crippen LogP) is 1.34. The molecule has 2 fully saturated rings. The molecule has 1 saturated carbocycles. The van der Waals surface area contributed by atoms with Crippen molar-refractivity contribution in [1.29, 1.82) is 0 Å². The first-order valence-electron chi connectivity index (χ1n) is 3.93. The van der Waals surface area contributed by atoms with Crippen LogP contribution in [0.1, 0.15) is 20.3 Å². The van der Waals surface area contributed by atoms with E-state index in [0.29, 0.717) is 0 Å². The third kappa shape index (κ3) is 0.586. The fourth-order valence-corrected chi connectivity index (χ4v) is 2.42. The van der Waals surface area contributed by atoms with Gasteiger partial charge in [-0.3, -0.25) is 4.90 Å². The molecule has 52 valence electrons. The lowest BCUT2D eigenvalue weighted by molar-refractivity contribution is 0.0756. The van der Waals surface area contributed by atoms with Crippen LogP contribution in [0.25, 0.3) is 0 Å². The monoisotopic (exact) mass is 125 g/mol. The highest BCUT2D eigenvalue weighted by Gasteiger charge is 2.58. The summed E-state index contributed by atoms with van der Waals surface area (Å²) >= 11 is 0. The van der Waals surface area contributed by atoms with Crippen LogP contribution in [0.15, 0.2) is 0 Å². The zero-order valence-corrected chi connectivity index (χ0v) is 6.46. The molecule has 0 N–H and O–H groups in total. The first-order chi connectivity index (χ1) is 4.22. The van der Waals surface area contributed by atoms with Gasteiger partial charge in [0.25, 0.3) is 0 Å². The summed E-state index contributed by atoms with van der Waals surface area (Å²) in [5, 5.41) is 0. The minimum absolute atomic E-state index is 0.874. The molecular weight excluding hydrogens is 110 g/mol. The zero-order chi connectivity index (χ0) is 6.59. The molecule has 1 saturated heterocycles. The summed E-state index contributed by atoms with van der Waals surface area (Å²) in [4.78, 5) is 2.54. The van der Waals surface area contributed by atoms with Gasteiger partial charge >= 0.3 is 0 Å². The van der Waals surface area contributed by atoms with Gasteiger partial charge in [0, 0.05) is 12.1 Å². The van der Waals surface area contributed by atoms with Crippen LogP contribution in [0.3, 0.4) is 0 Å². The number of likely N-dealkylation sites (tertiary alicyclic amines) is 1. The van der Waals surface area contributed by atoms with Crippen LogP contribution < -0.4 is 0 Å². The lowest BCUT2D eigenvalue weighted by atomic mass is 9.92. The Morgan fingerprint density at radius 1 is 1.44 bits per heavy atom. The topological polar surface area (TPSA) is 3.24 Å². The van der Waals surface area contributed by atoms with E-state index in [9.17, 15) is 0 Å². The molecule has 2 rings (SSSR count). The summed E-state index contributed by atoms with van der Waals surface area (Å²) in [6.45, 7) is 4.66. The maximum atomic E-state index is 2.54. The molecule has 3 atom stereocenters. The van der Waals surface area contributed by atoms with Crippen LogP contribution >= 0.6 is 0 Å². The van der Waals surface area contributed by atoms with Gasteiger partial charge in [-0.25, -0.2) is 0 Å². The first kappa shape index (κ1) is 5.72. The molecule has 2 aliphatic rings. The third-order valence-electron chi connectivity index (χ3n) is 2.92. The summed E-state index contributed by atoms with van der Waals surface area (Å²) in [6.07, 6.45) is 1.49. The van der Waals surface area contributed by atoms with E-state index in [2.05, 4.69) is 25.8 Å². The fraction of sp³-hybridized carbons (Fsp3) is 1.00. The molecule has 0 radical (unpaired) electrons. The van der Waals surface area contributed by atoms with Crippen LogP contribution in [0.4, 0.5) is 0 Å². The molecule has 0 amide bonds. The molecule has 1 heteroatoms. The van der Waals surface area contributed by atoms with Crippen molar-refractivity contribution in [3.63, 3.8) is 0 Å². The molecular formula is C8H15N. The van der Waals surface area contributed by atoms with Gasteiger partial charge in [0.1, 0.15) is 0 Å². The Balaban J connectivity index is 1.99. The Morgan fingerprint density at radius 3 is 2.33 bits per heavy atom. The van der Waals surface area contributed by atoms with Gasteiger partial charge in [-0.05, 0) is 25.3 Å². The van der Waals surface area contributed by atoms with Crippen molar-refractivity contribution < 1.29 is 0 Å². The molecule has 1 aliphatic heterocycles. The van der Waals surface area contributed by atoms with Crippen molar-refractivity contribution >= 4 is 0 Å². The van der Waals surface area contributed by atoms with Crippen molar-refractivity contribution in [1.82, 2.24) is 4.90 Å². The SMILES string of the molecule is CC(C)C1C2CC2N1C. The first-order valence-corrected chi connectivity index (χ1v) is 3.93. The maximum Gasteiger partial charge on any atom is 0.0162 e. The number of rotatable bonds is 1. The van der Waals surface area contributed by atoms with Crippen molar-refractivity contribution in [2.45, 2.75) is 32.4 Å². The molecule has 1 aliphatic carbocycles. The van der Waals surface area contributed by atoms with E-state index in [1.807, 2.05) is 0 Å². The van der Waals surface area contributed by atoms with Gasteiger partial charge in [-0.15, -0.1) is 0 Å². The Morgan fingerprint density at radius 2 is 2.11 bits per heavy atom. The van der Waals surface area contributed by atoms with Gasteiger partial charge in [-0.2, -0.15) is 0 Å². The Kier molecular flexibility index (Phi) is 0.963. The maximum absolute atomic E-state index is 2.54. The Hall–Kier alpha value is -0.0400. The number of nitrogens with zero attached hydrogens (tertiary/aromatic N) is 1. The van der Waals surface area contributed by atoms with Crippen molar-refractivity contribution in [2.75, 3.05) is 7.05 Å². The Labute approximate surface area is 57.0 Å². The predicted molar refractivity (Wildman–Crippen MR) is 38.3 cm³/mol. The minimum Gasteiger partial charge on any atom is -0.300 e. The smallest absolute Gasteiger partial charge is 0.0162 e. The zero-order valence-electron chi connectivity index (χ0n) is 6.46. The molecule has 3 unspecified atom stereocenters. The number of hydrogen-bond acceptors (Lipinski definition) is 1. The number of fused-ring (bicyclic) bond motifs is 1. The van der Waals surface area contributed by atoms with E-state index in [1.54, 1.807) is 0 Å². The number of hydrogen-bond donors (Lipinski definition) is 0. The largest absolute Gasteiger partial charge is 0.300 e. The second-order valence-electron chi connectivity index (χ2n) is 3.87. The molecule has 0 spiro atoms. The van der Waals surface area contributed by atoms with E-state index in [4.69, 9.17) is 0 Å². The third-order valence-corrected chi connectivity index (χ3v) is 2.92. The van der Waals surface area contributed by atoms with Crippen LogP contribution in [-0.4, -0.2) is 24.0 Å². The summed E-state index contributed by atoms with van der Waals surface area (Å²) in [5.41, 5.74) is 0. The van der Waals surface area contributed by atoms with Gasteiger partial charge in [0.2, 0.25) is 0 Å². The van der Waals surface area contributed by atoms with E-state index in [-0.39, 0.29) is 0 Å². The van der Waals surface area contributed by atoms with E-state index in [0.717, 1.165) is 23.9 Å². The highest BCUT2D eigenvalue weighted by molar-refractivity contribution is 5.12. The van der Waals surface area contributed by atoms with Gasteiger partial charge in [-0.1, -0.05) is 13.8 Å². The molecule has 0 aromatic rings. The molecule has 1 nitrogen and oxygen atoms in total. The Bertz CT molecular complexity index is 129. The van der Waals surface area contributed by atoms with E-state index < -0.39 is 0 Å². The minimum atomic E-state index is 0.874. The quantitative estimate of drug-likeness (QED) is 0.511. The highest BCUT2D eigenvalue weighted by atomic mass is 15.3. The standard InChI is InChI=1S/C8H15N/c1-5(2)8-6-4-7(6)9(8)3/h5-8H,4H2,1-3H3. The summed E-state index contributed by atoms with van der Waals surface area (Å²) in [5.74, 6) is 1.97. The van der Waals surface area contributed by atoms with Gasteiger partial charge in [0.05, 0.1) is 0 Å². The van der Waals surface area contributed by atoms with Gasteiger partial charge in [0.15, 0.2) is 0 Å². The average molecular weight is 125 g/mol. The molecule has 0 aromatic carbocycles.